The van der Waals surface area contributed by atoms with Gasteiger partial charge in [-0.25, -0.2) is 0 Å². The Morgan fingerprint density at radius 1 is 1.37 bits per heavy atom. The number of ether oxygens (including phenoxy) is 2. The zero-order valence-electron chi connectivity index (χ0n) is 12.6. The minimum atomic E-state index is -0.765. The molecule has 0 bridgehead atoms. The van der Waals surface area contributed by atoms with E-state index in [2.05, 4.69) is 19.6 Å². The number of hydrogen-bond acceptors (Lipinski definition) is 3. The lowest BCUT2D eigenvalue weighted by atomic mass is 9.89. The van der Waals surface area contributed by atoms with E-state index >= 15 is 0 Å². The zero-order valence-corrected chi connectivity index (χ0v) is 12.6. The van der Waals surface area contributed by atoms with Gasteiger partial charge in [0.05, 0.1) is 12.2 Å². The van der Waals surface area contributed by atoms with E-state index in [4.69, 9.17) is 9.47 Å². The molecule has 2 atom stereocenters. The van der Waals surface area contributed by atoms with Crippen LogP contribution in [0.4, 0.5) is 0 Å². The summed E-state index contributed by atoms with van der Waals surface area (Å²) in [5.41, 5.74) is -0.765. The highest BCUT2D eigenvalue weighted by Gasteiger charge is 2.45. The summed E-state index contributed by atoms with van der Waals surface area (Å²) >= 11 is 0. The van der Waals surface area contributed by atoms with E-state index in [0.29, 0.717) is 12.8 Å². The molecule has 0 aromatic rings. The van der Waals surface area contributed by atoms with Gasteiger partial charge >= 0.3 is 0 Å². The smallest absolute Gasteiger partial charge is 0.165 e. The van der Waals surface area contributed by atoms with Crippen LogP contribution in [0.25, 0.3) is 0 Å². The van der Waals surface area contributed by atoms with Crippen molar-refractivity contribution in [2.24, 2.45) is 0 Å². The third-order valence-corrected chi connectivity index (χ3v) is 3.51. The van der Waals surface area contributed by atoms with Gasteiger partial charge in [0.2, 0.25) is 0 Å². The van der Waals surface area contributed by atoms with Crippen molar-refractivity contribution in [1.82, 2.24) is 0 Å². The van der Waals surface area contributed by atoms with E-state index in [-0.39, 0.29) is 6.10 Å². The highest BCUT2D eigenvalue weighted by atomic mass is 16.7. The van der Waals surface area contributed by atoms with E-state index in [0.717, 1.165) is 12.8 Å². The maximum Gasteiger partial charge on any atom is 0.165 e. The first-order chi connectivity index (χ1) is 8.97. The van der Waals surface area contributed by atoms with E-state index < -0.39 is 11.4 Å². The summed E-state index contributed by atoms with van der Waals surface area (Å²) < 4.78 is 11.8. The Kier molecular flexibility index (Phi) is 6.03. The maximum absolute atomic E-state index is 9.45. The van der Waals surface area contributed by atoms with Crippen molar-refractivity contribution in [1.29, 1.82) is 5.26 Å². The summed E-state index contributed by atoms with van der Waals surface area (Å²) in [5.74, 6) is -0.688. The predicted octanol–water partition coefficient (Wildman–Crippen LogP) is 4.34. The summed E-state index contributed by atoms with van der Waals surface area (Å²) in [6.45, 7) is 9.72. The summed E-state index contributed by atoms with van der Waals surface area (Å²) in [6, 6.07) is 2.33. The van der Waals surface area contributed by atoms with Crippen LogP contribution in [0.3, 0.4) is 0 Å². The standard InChI is InChI=1S/C16H27NO2/c1-5-7-8-9-10-14-12-16(13-17,11-6-2)19-15(3,4)18-14/h6,14H,2,5,7-12H2,1,3-4H3/t14-,16-/m0/s1. The SMILES string of the molecule is C=CC[C@@]1(C#N)C[C@H](CCCCCC)OC(C)(C)O1. The van der Waals surface area contributed by atoms with Gasteiger partial charge in [0.15, 0.2) is 11.4 Å². The molecule has 19 heavy (non-hydrogen) atoms. The second-order valence-corrected chi connectivity index (χ2v) is 5.89. The van der Waals surface area contributed by atoms with Crippen LogP contribution in [0.15, 0.2) is 12.7 Å². The van der Waals surface area contributed by atoms with Crippen LogP contribution in [0.5, 0.6) is 0 Å². The molecule has 1 rings (SSSR count). The summed E-state index contributed by atoms with van der Waals surface area (Å²) in [6.07, 6.45) is 8.98. The number of hydrogen-bond donors (Lipinski definition) is 0. The number of nitrogens with zero attached hydrogens (tertiary/aromatic N) is 1. The summed E-state index contributed by atoms with van der Waals surface area (Å²) in [5, 5.41) is 9.45. The van der Waals surface area contributed by atoms with Crippen LogP contribution in [0, 0.1) is 11.3 Å². The molecule has 1 aliphatic heterocycles. The number of unbranched alkanes of at least 4 members (excludes halogenated alkanes) is 3. The number of nitriles is 1. The molecule has 1 saturated heterocycles. The van der Waals surface area contributed by atoms with E-state index in [9.17, 15) is 5.26 Å². The topological polar surface area (TPSA) is 42.2 Å². The maximum atomic E-state index is 9.45. The molecule has 3 heteroatoms. The van der Waals surface area contributed by atoms with Gasteiger partial charge in [-0.05, 0) is 20.3 Å². The fourth-order valence-electron chi connectivity index (χ4n) is 2.78. The average Bonchev–Trinajstić information content (AvgIpc) is 2.33. The van der Waals surface area contributed by atoms with Crippen molar-refractivity contribution in [3.63, 3.8) is 0 Å². The molecular weight excluding hydrogens is 238 g/mol. The second-order valence-electron chi connectivity index (χ2n) is 5.89. The quantitative estimate of drug-likeness (QED) is 0.508. The van der Waals surface area contributed by atoms with Gasteiger partial charge in [0.1, 0.15) is 0 Å². The molecule has 0 aliphatic carbocycles. The zero-order chi connectivity index (χ0) is 14.4. The van der Waals surface area contributed by atoms with Crippen LogP contribution in [-0.4, -0.2) is 17.5 Å². The molecule has 0 unspecified atom stereocenters. The van der Waals surface area contributed by atoms with Crippen LogP contribution >= 0.6 is 0 Å². The van der Waals surface area contributed by atoms with Gasteiger partial charge in [-0.15, -0.1) is 6.58 Å². The van der Waals surface area contributed by atoms with E-state index in [1.54, 1.807) is 6.08 Å². The molecule has 3 nitrogen and oxygen atoms in total. The van der Waals surface area contributed by atoms with Crippen LogP contribution in [0.1, 0.15) is 65.7 Å². The molecule has 1 fully saturated rings. The molecule has 0 saturated carbocycles. The molecule has 0 spiro atoms. The third-order valence-electron chi connectivity index (χ3n) is 3.51. The van der Waals surface area contributed by atoms with Gasteiger partial charge in [0.25, 0.3) is 0 Å². The minimum absolute atomic E-state index is 0.111. The second kappa shape index (κ2) is 7.07. The third kappa shape index (κ3) is 4.97. The Bertz CT molecular complexity index is 332. The predicted molar refractivity (Wildman–Crippen MR) is 76.6 cm³/mol. The van der Waals surface area contributed by atoms with Crippen molar-refractivity contribution in [2.75, 3.05) is 0 Å². The first-order valence-electron chi connectivity index (χ1n) is 7.37. The van der Waals surface area contributed by atoms with Crippen molar-refractivity contribution < 1.29 is 9.47 Å². The molecule has 0 amide bonds. The molecular formula is C16H27NO2. The van der Waals surface area contributed by atoms with Crippen molar-refractivity contribution in [3.05, 3.63) is 12.7 Å². The Balaban J connectivity index is 2.63. The first kappa shape index (κ1) is 16.2. The van der Waals surface area contributed by atoms with Gasteiger partial charge < -0.3 is 9.47 Å². The van der Waals surface area contributed by atoms with Crippen LogP contribution in [-0.2, 0) is 9.47 Å². The van der Waals surface area contributed by atoms with Gasteiger partial charge in [-0.1, -0.05) is 38.7 Å². The van der Waals surface area contributed by atoms with Gasteiger partial charge in [0, 0.05) is 12.8 Å². The normalized spacial score (nSPS) is 29.7. The van der Waals surface area contributed by atoms with Crippen molar-refractivity contribution >= 4 is 0 Å². The largest absolute Gasteiger partial charge is 0.347 e. The molecule has 0 aromatic heterocycles. The Morgan fingerprint density at radius 3 is 2.68 bits per heavy atom. The molecule has 1 aliphatic rings. The molecule has 0 radical (unpaired) electrons. The molecule has 108 valence electrons. The lowest BCUT2D eigenvalue weighted by Gasteiger charge is -2.44. The molecule has 1 heterocycles. The highest BCUT2D eigenvalue weighted by Crippen LogP contribution is 2.37. The summed E-state index contributed by atoms with van der Waals surface area (Å²) in [7, 11) is 0. The van der Waals surface area contributed by atoms with Crippen LogP contribution < -0.4 is 0 Å². The summed E-state index contributed by atoms with van der Waals surface area (Å²) in [4.78, 5) is 0. The van der Waals surface area contributed by atoms with Gasteiger partial charge in [-0.2, -0.15) is 5.26 Å². The fraction of sp³-hybridized carbons (Fsp3) is 0.812. The lowest BCUT2D eigenvalue weighted by Crippen LogP contribution is -2.51. The Hall–Kier alpha value is -0.850. The van der Waals surface area contributed by atoms with Crippen molar-refractivity contribution in [3.8, 4) is 6.07 Å². The molecule has 0 N–H and O–H groups in total. The van der Waals surface area contributed by atoms with E-state index in [1.165, 1.54) is 19.3 Å². The van der Waals surface area contributed by atoms with Crippen LogP contribution in [0.2, 0.25) is 0 Å². The van der Waals surface area contributed by atoms with E-state index in [1.807, 2.05) is 13.8 Å². The monoisotopic (exact) mass is 265 g/mol. The Labute approximate surface area is 117 Å². The minimum Gasteiger partial charge on any atom is -0.347 e. The fourth-order valence-corrected chi connectivity index (χ4v) is 2.78. The highest BCUT2D eigenvalue weighted by molar-refractivity contribution is 5.09. The number of rotatable bonds is 7. The average molecular weight is 265 g/mol. The van der Waals surface area contributed by atoms with Crippen molar-refractivity contribution in [2.45, 2.75) is 83.2 Å². The first-order valence-corrected chi connectivity index (χ1v) is 7.37. The Morgan fingerprint density at radius 2 is 2.11 bits per heavy atom. The molecule has 0 aromatic carbocycles. The lowest BCUT2D eigenvalue weighted by molar-refractivity contribution is -0.319. The van der Waals surface area contributed by atoms with Gasteiger partial charge in [-0.3, -0.25) is 0 Å².